The molecule has 0 radical (unpaired) electrons. The maximum atomic E-state index is 12.7. The highest BCUT2D eigenvalue weighted by Gasteiger charge is 2.13. The second kappa shape index (κ2) is 9.23. The molecule has 1 heterocycles. The number of amides is 1. The van der Waals surface area contributed by atoms with Crippen molar-refractivity contribution in [3.05, 3.63) is 101 Å². The molecule has 0 spiro atoms. The third-order valence-electron chi connectivity index (χ3n) is 5.31. The van der Waals surface area contributed by atoms with Crippen molar-refractivity contribution in [2.45, 2.75) is 13.5 Å². The van der Waals surface area contributed by atoms with Crippen molar-refractivity contribution in [3.63, 3.8) is 0 Å². The first-order valence-electron chi connectivity index (χ1n) is 10.3. The molecule has 0 atom stereocenters. The van der Waals surface area contributed by atoms with E-state index < -0.39 is 5.91 Å². The van der Waals surface area contributed by atoms with E-state index in [0.29, 0.717) is 18.0 Å². The van der Waals surface area contributed by atoms with Crippen molar-refractivity contribution in [3.8, 4) is 11.8 Å². The largest absolute Gasteiger partial charge is 0.497 e. The number of ether oxygens (including phenoxy) is 1. The fourth-order valence-corrected chi connectivity index (χ4v) is 3.59. The lowest BCUT2D eigenvalue weighted by Crippen LogP contribution is -2.13. The highest BCUT2D eigenvalue weighted by Crippen LogP contribution is 2.25. The Morgan fingerprint density at radius 1 is 1.06 bits per heavy atom. The first-order valence-corrected chi connectivity index (χ1v) is 10.3. The van der Waals surface area contributed by atoms with Gasteiger partial charge < -0.3 is 14.6 Å². The van der Waals surface area contributed by atoms with Crippen LogP contribution in [0.2, 0.25) is 0 Å². The topological polar surface area (TPSA) is 67.0 Å². The summed E-state index contributed by atoms with van der Waals surface area (Å²) in [6.45, 7) is 2.77. The molecule has 1 aromatic heterocycles. The zero-order valence-electron chi connectivity index (χ0n) is 18.0. The van der Waals surface area contributed by atoms with E-state index in [1.165, 1.54) is 11.1 Å². The van der Waals surface area contributed by atoms with E-state index in [2.05, 4.69) is 41.1 Å². The van der Waals surface area contributed by atoms with E-state index in [9.17, 15) is 10.1 Å². The van der Waals surface area contributed by atoms with Crippen LogP contribution in [0.1, 0.15) is 16.7 Å². The summed E-state index contributed by atoms with van der Waals surface area (Å²) in [5.41, 5.74) is 4.92. The second-order valence-electron chi connectivity index (χ2n) is 7.57. The minimum absolute atomic E-state index is 0.0408. The molecule has 5 heteroatoms. The summed E-state index contributed by atoms with van der Waals surface area (Å²) < 4.78 is 7.28. The summed E-state index contributed by atoms with van der Waals surface area (Å²) in [6.07, 6.45) is 3.63. The maximum Gasteiger partial charge on any atom is 0.266 e. The van der Waals surface area contributed by atoms with Crippen molar-refractivity contribution in [2.24, 2.45) is 0 Å². The number of rotatable bonds is 6. The van der Waals surface area contributed by atoms with Crippen LogP contribution in [0.5, 0.6) is 5.75 Å². The standard InChI is InChI=1S/C27H23N3O2/c1-19-7-9-20(10-8-19)17-30-18-22(25-5-3-4-6-26(25)30)15-21(16-28)27(31)29-23-11-13-24(32-2)14-12-23/h3-15,18H,17H2,1-2H3,(H,29,31)/b21-15+. The number of nitriles is 1. The van der Waals surface area contributed by atoms with E-state index in [1.807, 2.05) is 36.5 Å². The molecule has 0 aliphatic carbocycles. The normalized spacial score (nSPS) is 11.2. The second-order valence-corrected chi connectivity index (χ2v) is 7.57. The SMILES string of the molecule is COc1ccc(NC(=O)/C(C#N)=C/c2cn(Cc3ccc(C)cc3)c3ccccc23)cc1. The average molecular weight is 422 g/mol. The maximum absolute atomic E-state index is 12.7. The van der Waals surface area contributed by atoms with Crippen LogP contribution >= 0.6 is 0 Å². The van der Waals surface area contributed by atoms with Gasteiger partial charge in [0.25, 0.3) is 5.91 Å². The number of hydrogen-bond acceptors (Lipinski definition) is 3. The molecule has 0 saturated heterocycles. The Bertz CT molecular complexity index is 1320. The van der Waals surface area contributed by atoms with E-state index in [-0.39, 0.29) is 5.57 Å². The molecular formula is C27H23N3O2. The van der Waals surface area contributed by atoms with Crippen molar-refractivity contribution >= 4 is 28.6 Å². The number of aryl methyl sites for hydroxylation is 1. The number of nitrogens with zero attached hydrogens (tertiary/aromatic N) is 2. The summed E-state index contributed by atoms with van der Waals surface area (Å²) in [7, 11) is 1.58. The number of anilines is 1. The zero-order valence-corrected chi connectivity index (χ0v) is 18.0. The van der Waals surface area contributed by atoms with Gasteiger partial charge in [0.15, 0.2) is 0 Å². The molecule has 0 bridgehead atoms. The lowest BCUT2D eigenvalue weighted by atomic mass is 10.1. The summed E-state index contributed by atoms with van der Waals surface area (Å²) >= 11 is 0. The molecule has 4 rings (SSSR count). The lowest BCUT2D eigenvalue weighted by molar-refractivity contribution is -0.112. The van der Waals surface area contributed by atoms with Crippen LogP contribution in [0.3, 0.4) is 0 Å². The highest BCUT2D eigenvalue weighted by atomic mass is 16.5. The number of methoxy groups -OCH3 is 1. The van der Waals surface area contributed by atoms with Gasteiger partial charge in [-0.05, 0) is 48.9 Å². The Balaban J connectivity index is 1.64. The average Bonchev–Trinajstić information content (AvgIpc) is 3.16. The number of benzene rings is 3. The van der Waals surface area contributed by atoms with Gasteiger partial charge in [0.2, 0.25) is 0 Å². The molecule has 0 fully saturated rings. The molecule has 1 N–H and O–H groups in total. The minimum Gasteiger partial charge on any atom is -0.497 e. The summed E-state index contributed by atoms with van der Waals surface area (Å²) in [5, 5.41) is 13.4. The molecule has 1 amide bonds. The first kappa shape index (κ1) is 21.0. The third-order valence-corrected chi connectivity index (χ3v) is 5.31. The molecular weight excluding hydrogens is 398 g/mol. The first-order chi connectivity index (χ1) is 15.6. The van der Waals surface area contributed by atoms with Gasteiger partial charge >= 0.3 is 0 Å². The van der Waals surface area contributed by atoms with Crippen LogP contribution in [0, 0.1) is 18.3 Å². The summed E-state index contributed by atoms with van der Waals surface area (Å²) in [4.78, 5) is 12.7. The van der Waals surface area contributed by atoms with E-state index in [0.717, 1.165) is 16.5 Å². The Morgan fingerprint density at radius 2 is 1.78 bits per heavy atom. The number of aromatic nitrogens is 1. The summed E-state index contributed by atoms with van der Waals surface area (Å²) in [5.74, 6) is 0.244. The Labute approximate surface area is 187 Å². The Morgan fingerprint density at radius 3 is 2.47 bits per heavy atom. The third kappa shape index (κ3) is 4.55. The molecule has 0 aliphatic rings. The van der Waals surface area contributed by atoms with Crippen LogP contribution in [0.15, 0.2) is 84.6 Å². The van der Waals surface area contributed by atoms with Crippen molar-refractivity contribution in [1.82, 2.24) is 4.57 Å². The van der Waals surface area contributed by atoms with Gasteiger partial charge in [-0.3, -0.25) is 4.79 Å². The highest BCUT2D eigenvalue weighted by molar-refractivity contribution is 6.10. The predicted octanol–water partition coefficient (Wildman–Crippen LogP) is 5.55. The van der Waals surface area contributed by atoms with Crippen molar-refractivity contribution in [1.29, 1.82) is 5.26 Å². The molecule has 0 saturated carbocycles. The van der Waals surface area contributed by atoms with Crippen LogP contribution in [0.25, 0.3) is 17.0 Å². The fourth-order valence-electron chi connectivity index (χ4n) is 3.59. The molecule has 0 aliphatic heterocycles. The summed E-state index contributed by atoms with van der Waals surface area (Å²) in [6, 6.07) is 25.4. The predicted molar refractivity (Wildman–Crippen MR) is 127 cm³/mol. The van der Waals surface area contributed by atoms with Crippen LogP contribution in [0.4, 0.5) is 5.69 Å². The monoisotopic (exact) mass is 421 g/mol. The lowest BCUT2D eigenvalue weighted by Gasteiger charge is -2.06. The number of nitrogens with one attached hydrogen (secondary N) is 1. The van der Waals surface area contributed by atoms with E-state index in [4.69, 9.17) is 4.74 Å². The molecule has 5 nitrogen and oxygen atoms in total. The molecule has 32 heavy (non-hydrogen) atoms. The van der Waals surface area contributed by atoms with Crippen LogP contribution < -0.4 is 10.1 Å². The number of carbonyl (C=O) groups excluding carboxylic acids is 1. The number of fused-ring (bicyclic) bond motifs is 1. The Hall–Kier alpha value is -4.30. The van der Waals surface area contributed by atoms with Gasteiger partial charge in [0, 0.05) is 34.9 Å². The minimum atomic E-state index is -0.451. The van der Waals surface area contributed by atoms with Crippen molar-refractivity contribution < 1.29 is 9.53 Å². The fraction of sp³-hybridized carbons (Fsp3) is 0.111. The number of para-hydroxylation sites is 1. The molecule has 0 unspecified atom stereocenters. The van der Waals surface area contributed by atoms with Crippen LogP contribution in [-0.4, -0.2) is 17.6 Å². The van der Waals surface area contributed by atoms with E-state index in [1.54, 1.807) is 37.5 Å². The van der Waals surface area contributed by atoms with Crippen LogP contribution in [-0.2, 0) is 11.3 Å². The smallest absolute Gasteiger partial charge is 0.266 e. The Kier molecular flexibility index (Phi) is 6.05. The van der Waals surface area contributed by atoms with Gasteiger partial charge in [0.1, 0.15) is 17.4 Å². The molecule has 158 valence electrons. The molecule has 4 aromatic rings. The number of hydrogen-bond donors (Lipinski definition) is 1. The number of carbonyl (C=O) groups is 1. The van der Waals surface area contributed by atoms with E-state index >= 15 is 0 Å². The zero-order chi connectivity index (χ0) is 22.5. The van der Waals surface area contributed by atoms with Gasteiger partial charge in [-0.25, -0.2) is 0 Å². The van der Waals surface area contributed by atoms with Gasteiger partial charge in [-0.15, -0.1) is 0 Å². The van der Waals surface area contributed by atoms with Gasteiger partial charge in [0.05, 0.1) is 7.11 Å². The van der Waals surface area contributed by atoms with Crippen molar-refractivity contribution in [2.75, 3.05) is 12.4 Å². The molecule has 3 aromatic carbocycles. The quantitative estimate of drug-likeness (QED) is 0.328. The van der Waals surface area contributed by atoms with Gasteiger partial charge in [-0.2, -0.15) is 5.26 Å². The van der Waals surface area contributed by atoms with Gasteiger partial charge in [-0.1, -0.05) is 48.0 Å².